The fourth-order valence-corrected chi connectivity index (χ4v) is 1.57. The molecule has 0 bridgehead atoms. The molecule has 0 saturated heterocycles. The van der Waals surface area contributed by atoms with Crippen LogP contribution in [0.1, 0.15) is 13.8 Å². The van der Waals surface area contributed by atoms with Crippen molar-refractivity contribution >= 4 is 21.8 Å². The van der Waals surface area contributed by atoms with Crippen molar-refractivity contribution in [2.75, 3.05) is 13.2 Å². The predicted octanol–water partition coefficient (Wildman–Crippen LogP) is 2.10. The van der Waals surface area contributed by atoms with E-state index in [1.807, 2.05) is 13.8 Å². The smallest absolute Gasteiger partial charge is 0.258 e. The third kappa shape index (κ3) is 5.57. The van der Waals surface area contributed by atoms with Crippen LogP contribution in [-0.2, 0) is 4.79 Å². The molecule has 0 aliphatic heterocycles. The van der Waals surface area contributed by atoms with Crippen LogP contribution in [-0.4, -0.2) is 30.3 Å². The number of aliphatic hydroxyl groups is 1. The summed E-state index contributed by atoms with van der Waals surface area (Å²) in [6.45, 7) is 3.57. The number of halogens is 2. The molecule has 0 fully saturated rings. The summed E-state index contributed by atoms with van der Waals surface area (Å²) in [5.74, 6) is -0.862. The molecule has 1 aromatic carbocycles. The minimum Gasteiger partial charge on any atom is -0.481 e. The lowest BCUT2D eigenvalue weighted by Gasteiger charge is -2.15. The third-order valence-electron chi connectivity index (χ3n) is 2.53. The molecule has 0 saturated carbocycles. The highest BCUT2D eigenvalue weighted by molar-refractivity contribution is 9.10. The van der Waals surface area contributed by atoms with Crippen LogP contribution in [0.25, 0.3) is 0 Å². The second-order valence-electron chi connectivity index (χ2n) is 4.48. The topological polar surface area (TPSA) is 58.6 Å². The van der Waals surface area contributed by atoms with Gasteiger partial charge in [0.25, 0.3) is 5.91 Å². The van der Waals surface area contributed by atoms with Crippen molar-refractivity contribution < 1.29 is 19.0 Å². The summed E-state index contributed by atoms with van der Waals surface area (Å²) in [6.07, 6.45) is -0.603. The summed E-state index contributed by atoms with van der Waals surface area (Å²) >= 11 is 3.13. The molecule has 106 valence electrons. The number of rotatable bonds is 6. The van der Waals surface area contributed by atoms with Gasteiger partial charge in [0, 0.05) is 11.0 Å². The van der Waals surface area contributed by atoms with Crippen molar-refractivity contribution in [1.29, 1.82) is 0 Å². The standard InChI is InChI=1S/C13H17BrFNO3/c1-8(2)11(17)6-16-13(18)7-19-12-4-3-9(14)5-10(12)15/h3-5,8,11,17H,6-7H2,1-2H3,(H,16,18). The third-order valence-corrected chi connectivity index (χ3v) is 3.02. The van der Waals surface area contributed by atoms with Gasteiger partial charge in [-0.05, 0) is 24.1 Å². The van der Waals surface area contributed by atoms with E-state index in [2.05, 4.69) is 21.2 Å². The van der Waals surface area contributed by atoms with Gasteiger partial charge >= 0.3 is 0 Å². The number of ether oxygens (including phenoxy) is 1. The molecule has 1 aromatic rings. The maximum atomic E-state index is 13.4. The van der Waals surface area contributed by atoms with E-state index in [1.165, 1.54) is 12.1 Å². The lowest BCUT2D eigenvalue weighted by atomic mass is 10.1. The van der Waals surface area contributed by atoms with Crippen LogP contribution in [0, 0.1) is 11.7 Å². The van der Waals surface area contributed by atoms with Gasteiger partial charge in [-0.1, -0.05) is 29.8 Å². The Hall–Kier alpha value is -1.14. The lowest BCUT2D eigenvalue weighted by molar-refractivity contribution is -0.123. The van der Waals surface area contributed by atoms with Gasteiger partial charge in [-0.25, -0.2) is 4.39 Å². The summed E-state index contributed by atoms with van der Waals surface area (Å²) < 4.78 is 19.0. The number of amides is 1. The van der Waals surface area contributed by atoms with Crippen molar-refractivity contribution in [3.63, 3.8) is 0 Å². The van der Waals surface area contributed by atoms with E-state index in [9.17, 15) is 14.3 Å². The molecule has 1 atom stereocenters. The Balaban J connectivity index is 2.38. The average Bonchev–Trinajstić information content (AvgIpc) is 2.34. The molecular formula is C13H17BrFNO3. The van der Waals surface area contributed by atoms with Crippen LogP contribution in [0.5, 0.6) is 5.75 Å². The molecule has 6 heteroatoms. The molecule has 0 spiro atoms. The SMILES string of the molecule is CC(C)C(O)CNC(=O)COc1ccc(Br)cc1F. The molecule has 4 nitrogen and oxygen atoms in total. The Labute approximate surface area is 120 Å². The van der Waals surface area contributed by atoms with Crippen LogP contribution in [0.2, 0.25) is 0 Å². The first-order valence-corrected chi connectivity index (χ1v) is 6.72. The zero-order chi connectivity index (χ0) is 14.4. The van der Waals surface area contributed by atoms with E-state index in [-0.39, 0.29) is 24.8 Å². The predicted molar refractivity (Wildman–Crippen MR) is 73.4 cm³/mol. The molecule has 0 aromatic heterocycles. The van der Waals surface area contributed by atoms with Crippen molar-refractivity contribution in [1.82, 2.24) is 5.32 Å². The van der Waals surface area contributed by atoms with Crippen molar-refractivity contribution in [3.05, 3.63) is 28.5 Å². The summed E-state index contributed by atoms with van der Waals surface area (Å²) in [7, 11) is 0. The normalized spacial score (nSPS) is 12.3. The van der Waals surface area contributed by atoms with Gasteiger partial charge in [0.1, 0.15) is 0 Å². The minimum atomic E-state index is -0.603. The Bertz CT molecular complexity index is 440. The van der Waals surface area contributed by atoms with Crippen LogP contribution in [0.3, 0.4) is 0 Å². The highest BCUT2D eigenvalue weighted by atomic mass is 79.9. The number of carbonyl (C=O) groups is 1. The minimum absolute atomic E-state index is 0.0164. The second kappa shape index (κ2) is 7.45. The van der Waals surface area contributed by atoms with Crippen LogP contribution >= 0.6 is 15.9 Å². The second-order valence-corrected chi connectivity index (χ2v) is 5.39. The van der Waals surface area contributed by atoms with E-state index in [1.54, 1.807) is 6.07 Å². The number of carbonyl (C=O) groups excluding carboxylic acids is 1. The van der Waals surface area contributed by atoms with E-state index in [0.29, 0.717) is 4.47 Å². The lowest BCUT2D eigenvalue weighted by Crippen LogP contribution is -2.37. The summed E-state index contributed by atoms with van der Waals surface area (Å²) in [5.41, 5.74) is 0. The molecule has 0 aliphatic carbocycles. The summed E-state index contributed by atoms with van der Waals surface area (Å²) in [6, 6.07) is 4.32. The molecule has 2 N–H and O–H groups in total. The van der Waals surface area contributed by atoms with Crippen molar-refractivity contribution in [3.8, 4) is 5.75 Å². The van der Waals surface area contributed by atoms with Gasteiger partial charge in [-0.15, -0.1) is 0 Å². The number of hydrogen-bond donors (Lipinski definition) is 2. The molecule has 0 aliphatic rings. The Morgan fingerprint density at radius 1 is 1.53 bits per heavy atom. The molecule has 0 heterocycles. The van der Waals surface area contributed by atoms with E-state index in [0.717, 1.165) is 0 Å². The van der Waals surface area contributed by atoms with Crippen LogP contribution < -0.4 is 10.1 Å². The maximum absolute atomic E-state index is 13.4. The first-order valence-electron chi connectivity index (χ1n) is 5.92. The van der Waals surface area contributed by atoms with Gasteiger partial charge in [0.15, 0.2) is 18.2 Å². The molecule has 19 heavy (non-hydrogen) atoms. The zero-order valence-electron chi connectivity index (χ0n) is 10.8. The highest BCUT2D eigenvalue weighted by Gasteiger charge is 2.12. The Morgan fingerprint density at radius 3 is 2.79 bits per heavy atom. The molecule has 1 amide bonds. The first kappa shape index (κ1) is 15.9. The highest BCUT2D eigenvalue weighted by Crippen LogP contribution is 2.21. The van der Waals surface area contributed by atoms with Crippen molar-refractivity contribution in [2.24, 2.45) is 5.92 Å². The van der Waals surface area contributed by atoms with E-state index >= 15 is 0 Å². The maximum Gasteiger partial charge on any atom is 0.258 e. The van der Waals surface area contributed by atoms with Gasteiger partial charge in [0.05, 0.1) is 6.10 Å². The number of aliphatic hydroxyl groups excluding tert-OH is 1. The molecule has 1 unspecified atom stereocenters. The number of benzene rings is 1. The quantitative estimate of drug-likeness (QED) is 0.838. The number of nitrogens with one attached hydrogen (secondary N) is 1. The molecule has 1 rings (SSSR count). The van der Waals surface area contributed by atoms with Crippen LogP contribution in [0.15, 0.2) is 22.7 Å². The fourth-order valence-electron chi connectivity index (χ4n) is 1.24. The number of hydrogen-bond acceptors (Lipinski definition) is 3. The van der Waals surface area contributed by atoms with Crippen LogP contribution in [0.4, 0.5) is 4.39 Å². The average molecular weight is 334 g/mol. The largest absolute Gasteiger partial charge is 0.481 e. The molecule has 0 radical (unpaired) electrons. The van der Waals surface area contributed by atoms with Crippen molar-refractivity contribution in [2.45, 2.75) is 20.0 Å². The van der Waals surface area contributed by atoms with Gasteiger partial charge < -0.3 is 15.2 Å². The van der Waals surface area contributed by atoms with Gasteiger partial charge in [0.2, 0.25) is 0 Å². The zero-order valence-corrected chi connectivity index (χ0v) is 12.4. The van der Waals surface area contributed by atoms with E-state index in [4.69, 9.17) is 4.74 Å². The van der Waals surface area contributed by atoms with Gasteiger partial charge in [-0.3, -0.25) is 4.79 Å². The van der Waals surface area contributed by atoms with Gasteiger partial charge in [-0.2, -0.15) is 0 Å². The van der Waals surface area contributed by atoms with E-state index < -0.39 is 17.8 Å². The fraction of sp³-hybridized carbons (Fsp3) is 0.462. The summed E-state index contributed by atoms with van der Waals surface area (Å²) in [5, 5.41) is 12.0. The molecular weight excluding hydrogens is 317 g/mol. The monoisotopic (exact) mass is 333 g/mol. The first-order chi connectivity index (χ1) is 8.90. The summed E-state index contributed by atoms with van der Waals surface area (Å²) in [4.78, 5) is 11.4. The Kier molecular flexibility index (Phi) is 6.24. The Morgan fingerprint density at radius 2 is 2.21 bits per heavy atom.